The van der Waals surface area contributed by atoms with Crippen LogP contribution in [0.25, 0.3) is 0 Å². The lowest BCUT2D eigenvalue weighted by atomic mass is 10.1. The quantitative estimate of drug-likeness (QED) is 0.581. The van der Waals surface area contributed by atoms with Gasteiger partial charge in [-0.2, -0.15) is 0 Å². The highest BCUT2D eigenvalue weighted by Gasteiger charge is 2.20. The lowest BCUT2D eigenvalue weighted by Gasteiger charge is -2.13. The van der Waals surface area contributed by atoms with Gasteiger partial charge in [-0.05, 0) is 18.6 Å². The normalized spacial score (nSPS) is 11.6. The number of aliphatic carboxylic acids is 1. The van der Waals surface area contributed by atoms with Crippen molar-refractivity contribution in [3.63, 3.8) is 0 Å². The summed E-state index contributed by atoms with van der Waals surface area (Å²) in [5.41, 5.74) is 4.95. The Morgan fingerprint density at radius 3 is 2.55 bits per heavy atom. The molecule has 0 spiro atoms. The monoisotopic (exact) mass is 297 g/mol. The molecule has 0 aromatic carbocycles. The Kier molecular flexibility index (Phi) is 6.51. The molecule has 4 N–H and O–H groups in total. The molecular weight excluding hydrogens is 282 g/mol. The maximum atomic E-state index is 11.6. The molecule has 1 rings (SSSR count). The van der Waals surface area contributed by atoms with Crippen LogP contribution < -0.4 is 11.1 Å². The first-order chi connectivity index (χ1) is 9.49. The van der Waals surface area contributed by atoms with Gasteiger partial charge < -0.3 is 16.2 Å². The summed E-state index contributed by atoms with van der Waals surface area (Å²) in [5, 5.41) is 11.3. The van der Waals surface area contributed by atoms with Crippen LogP contribution in [0.2, 0.25) is 0 Å². The van der Waals surface area contributed by atoms with Crippen molar-refractivity contribution in [1.29, 1.82) is 0 Å². The minimum Gasteiger partial charge on any atom is -0.480 e. The Balaban J connectivity index is 2.41. The second-order valence-electron chi connectivity index (χ2n) is 3.93. The Labute approximate surface area is 119 Å². The Morgan fingerprint density at radius 2 is 2.00 bits per heavy atom. The lowest BCUT2D eigenvalue weighted by molar-refractivity contribution is -0.141. The molecule has 0 aliphatic heterocycles. The van der Waals surface area contributed by atoms with E-state index >= 15 is 0 Å². The average molecular weight is 297 g/mol. The Morgan fingerprint density at radius 1 is 1.35 bits per heavy atom. The van der Waals surface area contributed by atoms with Crippen LogP contribution in [0, 0.1) is 0 Å². The van der Waals surface area contributed by atoms with Gasteiger partial charge in [0.05, 0.1) is 5.75 Å². The smallest absolute Gasteiger partial charge is 0.326 e. The molecular formula is C12H15N3O4S. The van der Waals surface area contributed by atoms with E-state index in [1.165, 1.54) is 11.8 Å². The van der Waals surface area contributed by atoms with E-state index < -0.39 is 23.8 Å². The molecule has 0 bridgehead atoms. The zero-order valence-electron chi connectivity index (χ0n) is 10.6. The second kappa shape index (κ2) is 8.16. The van der Waals surface area contributed by atoms with Gasteiger partial charge in [-0.15, -0.1) is 11.8 Å². The number of pyridine rings is 1. The van der Waals surface area contributed by atoms with E-state index in [1.54, 1.807) is 24.5 Å². The van der Waals surface area contributed by atoms with Crippen LogP contribution in [0.3, 0.4) is 0 Å². The number of carbonyl (C=O) groups is 3. The first-order valence-electron chi connectivity index (χ1n) is 5.82. The Bertz CT molecular complexity index is 481. The number of rotatable bonds is 8. The second-order valence-corrected chi connectivity index (χ2v) is 4.98. The van der Waals surface area contributed by atoms with Gasteiger partial charge in [0.2, 0.25) is 11.8 Å². The van der Waals surface area contributed by atoms with Crippen molar-refractivity contribution in [3.05, 3.63) is 24.5 Å². The highest BCUT2D eigenvalue weighted by Crippen LogP contribution is 2.15. The van der Waals surface area contributed by atoms with Gasteiger partial charge in [0.1, 0.15) is 6.04 Å². The molecule has 0 radical (unpaired) electrons. The molecule has 1 atom stereocenters. The minimum absolute atomic E-state index is 0.0175. The van der Waals surface area contributed by atoms with Crippen molar-refractivity contribution in [2.45, 2.75) is 23.8 Å². The predicted octanol–water partition coefficient (Wildman–Crippen LogP) is 0.00860. The maximum Gasteiger partial charge on any atom is 0.326 e. The van der Waals surface area contributed by atoms with Gasteiger partial charge >= 0.3 is 5.97 Å². The number of carboxylic acid groups (broad SMARTS) is 1. The fourth-order valence-electron chi connectivity index (χ4n) is 1.36. The van der Waals surface area contributed by atoms with Crippen molar-refractivity contribution in [3.8, 4) is 0 Å². The summed E-state index contributed by atoms with van der Waals surface area (Å²) in [5.74, 6) is -2.11. The summed E-state index contributed by atoms with van der Waals surface area (Å²) >= 11 is 1.27. The van der Waals surface area contributed by atoms with Crippen molar-refractivity contribution >= 4 is 29.5 Å². The van der Waals surface area contributed by atoms with E-state index in [0.29, 0.717) is 0 Å². The molecule has 8 heteroatoms. The van der Waals surface area contributed by atoms with Crippen molar-refractivity contribution in [1.82, 2.24) is 10.3 Å². The molecule has 108 valence electrons. The van der Waals surface area contributed by atoms with E-state index in [1.807, 2.05) is 0 Å². The molecule has 7 nitrogen and oxygen atoms in total. The number of thioether (sulfide) groups is 1. The van der Waals surface area contributed by atoms with Crippen molar-refractivity contribution in [2.24, 2.45) is 5.73 Å². The van der Waals surface area contributed by atoms with E-state index in [4.69, 9.17) is 10.8 Å². The Hall–Kier alpha value is -2.09. The molecule has 1 aromatic rings. The summed E-state index contributed by atoms with van der Waals surface area (Å²) < 4.78 is 0. The number of hydrogen-bond acceptors (Lipinski definition) is 5. The maximum absolute atomic E-state index is 11.6. The van der Waals surface area contributed by atoms with E-state index in [0.717, 1.165) is 4.90 Å². The fourth-order valence-corrected chi connectivity index (χ4v) is 2.06. The third-order valence-corrected chi connectivity index (χ3v) is 3.34. The first kappa shape index (κ1) is 16.0. The highest BCUT2D eigenvalue weighted by atomic mass is 32.2. The zero-order valence-corrected chi connectivity index (χ0v) is 11.4. The number of nitrogens with two attached hydrogens (primary N) is 1. The number of aromatic nitrogens is 1. The first-order valence-corrected chi connectivity index (χ1v) is 6.81. The zero-order chi connectivity index (χ0) is 15.0. The number of carbonyl (C=O) groups excluding carboxylic acids is 2. The van der Waals surface area contributed by atoms with Gasteiger partial charge in [-0.3, -0.25) is 14.6 Å². The standard InChI is InChI=1S/C12H15N3O4S/c13-10(16)2-1-9(12(18)19)15-11(17)7-20-8-3-5-14-6-4-8/h3-6,9H,1-2,7H2,(H2,13,16)(H,15,17)(H,18,19)/t9-/m1/s1. The molecule has 1 heterocycles. The van der Waals surface area contributed by atoms with Crippen LogP contribution in [-0.4, -0.2) is 39.7 Å². The molecule has 0 aliphatic carbocycles. The van der Waals surface area contributed by atoms with E-state index in [2.05, 4.69) is 10.3 Å². The number of amides is 2. The third kappa shape index (κ3) is 6.19. The highest BCUT2D eigenvalue weighted by molar-refractivity contribution is 8.00. The van der Waals surface area contributed by atoms with Gasteiger partial charge in [-0.1, -0.05) is 0 Å². The molecule has 1 aromatic heterocycles. The number of primary amides is 1. The van der Waals surface area contributed by atoms with Gasteiger partial charge in [0.25, 0.3) is 0 Å². The molecule has 0 unspecified atom stereocenters. The lowest BCUT2D eigenvalue weighted by Crippen LogP contribution is -2.42. The van der Waals surface area contributed by atoms with Crippen LogP contribution in [0.1, 0.15) is 12.8 Å². The number of hydrogen-bond donors (Lipinski definition) is 3. The predicted molar refractivity (Wildman–Crippen MR) is 73.0 cm³/mol. The number of carboxylic acids is 1. The number of nitrogens with zero attached hydrogens (tertiary/aromatic N) is 1. The van der Waals surface area contributed by atoms with Crippen LogP contribution in [0.5, 0.6) is 0 Å². The van der Waals surface area contributed by atoms with Gasteiger partial charge in [0.15, 0.2) is 0 Å². The summed E-state index contributed by atoms with van der Waals surface area (Å²) in [4.78, 5) is 37.9. The third-order valence-electron chi connectivity index (χ3n) is 2.33. The molecule has 0 saturated heterocycles. The largest absolute Gasteiger partial charge is 0.480 e. The molecule has 20 heavy (non-hydrogen) atoms. The summed E-state index contributed by atoms with van der Waals surface area (Å²) in [6.45, 7) is 0. The van der Waals surface area contributed by atoms with Crippen LogP contribution in [0.15, 0.2) is 29.4 Å². The summed E-state index contributed by atoms with van der Waals surface area (Å²) in [6, 6.07) is 2.40. The van der Waals surface area contributed by atoms with Crippen molar-refractivity contribution < 1.29 is 19.5 Å². The fraction of sp³-hybridized carbons (Fsp3) is 0.333. The SMILES string of the molecule is NC(=O)CC[C@@H](NC(=O)CSc1ccncc1)C(=O)O. The number of nitrogens with one attached hydrogen (secondary N) is 1. The molecule has 0 fully saturated rings. The summed E-state index contributed by atoms with van der Waals surface area (Å²) in [6.07, 6.45) is 3.10. The van der Waals surface area contributed by atoms with Crippen LogP contribution in [-0.2, 0) is 14.4 Å². The van der Waals surface area contributed by atoms with Crippen LogP contribution >= 0.6 is 11.8 Å². The summed E-state index contributed by atoms with van der Waals surface area (Å²) in [7, 11) is 0. The van der Waals surface area contributed by atoms with E-state index in [-0.39, 0.29) is 18.6 Å². The minimum atomic E-state index is -1.19. The molecule has 2 amide bonds. The molecule has 0 saturated carbocycles. The van der Waals surface area contributed by atoms with Crippen LogP contribution in [0.4, 0.5) is 0 Å². The van der Waals surface area contributed by atoms with Gasteiger partial charge in [-0.25, -0.2) is 4.79 Å². The topological polar surface area (TPSA) is 122 Å². The average Bonchev–Trinajstić information content (AvgIpc) is 2.41. The van der Waals surface area contributed by atoms with Crippen molar-refractivity contribution in [2.75, 3.05) is 5.75 Å². The molecule has 0 aliphatic rings. The van der Waals surface area contributed by atoms with E-state index in [9.17, 15) is 14.4 Å². The van der Waals surface area contributed by atoms with Gasteiger partial charge in [0, 0.05) is 23.7 Å².